The summed E-state index contributed by atoms with van der Waals surface area (Å²) in [4.78, 5) is 0. The van der Waals surface area contributed by atoms with E-state index in [1.54, 1.807) is 10.8 Å². The molecule has 1 rings (SSSR count). The second kappa shape index (κ2) is 6.01. The van der Waals surface area contributed by atoms with Gasteiger partial charge < -0.3 is 4.43 Å². The Bertz CT molecular complexity index is 249. The summed E-state index contributed by atoms with van der Waals surface area (Å²) in [5, 5.41) is 1.62. The maximum Gasteiger partial charge on any atom is 0.203 e. The molecule has 1 unspecified atom stereocenters. The van der Waals surface area contributed by atoms with Crippen molar-refractivity contribution >= 4 is 9.04 Å². The normalized spacial score (nSPS) is 24.2. The van der Waals surface area contributed by atoms with Crippen LogP contribution < -0.4 is 0 Å². The largest absolute Gasteiger partial charge is 0.416 e. The Morgan fingerprint density at radius 3 is 2.44 bits per heavy atom. The third kappa shape index (κ3) is 3.46. The predicted octanol–water partition coefficient (Wildman–Crippen LogP) is 4.22. The smallest absolute Gasteiger partial charge is 0.203 e. The van der Waals surface area contributed by atoms with Gasteiger partial charge in [0.1, 0.15) is 0 Å². The van der Waals surface area contributed by atoms with Crippen LogP contribution in [0.2, 0.25) is 6.04 Å². The molecule has 0 aliphatic carbocycles. The summed E-state index contributed by atoms with van der Waals surface area (Å²) in [5.41, 5.74) is 1.97. The molecular weight excluding hydrogens is 212 g/mol. The standard InChI is InChI=1S/C14H28OSi/c1-6-9-14(4,5)12(2)13(3)16-11-8-7-10-15-16/h16H,6-11H2,1-5H3/b13-12+. The van der Waals surface area contributed by atoms with Crippen molar-refractivity contribution < 1.29 is 4.43 Å². The van der Waals surface area contributed by atoms with Crippen molar-refractivity contribution in [3.63, 3.8) is 0 Å². The molecule has 1 saturated heterocycles. The van der Waals surface area contributed by atoms with Gasteiger partial charge in [0.05, 0.1) is 0 Å². The van der Waals surface area contributed by atoms with Crippen LogP contribution in [-0.2, 0) is 4.43 Å². The molecule has 0 radical (unpaired) electrons. The molecule has 0 aromatic carbocycles. The quantitative estimate of drug-likeness (QED) is 0.668. The van der Waals surface area contributed by atoms with Gasteiger partial charge in [-0.15, -0.1) is 0 Å². The topological polar surface area (TPSA) is 9.23 Å². The summed E-state index contributed by atoms with van der Waals surface area (Å²) in [7, 11) is -1.02. The molecule has 94 valence electrons. The summed E-state index contributed by atoms with van der Waals surface area (Å²) in [5.74, 6) is 0. The van der Waals surface area contributed by atoms with Crippen LogP contribution in [0, 0.1) is 5.41 Å². The number of allylic oxidation sites excluding steroid dienone is 2. The Kier molecular flexibility index (Phi) is 5.26. The zero-order valence-corrected chi connectivity index (χ0v) is 12.9. The average molecular weight is 240 g/mol. The molecule has 1 aliphatic heterocycles. The predicted molar refractivity (Wildman–Crippen MR) is 74.2 cm³/mol. The molecule has 1 aliphatic rings. The van der Waals surface area contributed by atoms with Crippen LogP contribution in [0.1, 0.15) is 60.3 Å². The molecule has 2 heteroatoms. The lowest BCUT2D eigenvalue weighted by Crippen LogP contribution is -2.28. The zero-order chi connectivity index (χ0) is 12.2. The molecule has 1 heterocycles. The van der Waals surface area contributed by atoms with E-state index in [1.165, 1.54) is 31.7 Å². The van der Waals surface area contributed by atoms with Gasteiger partial charge in [-0.25, -0.2) is 0 Å². The van der Waals surface area contributed by atoms with Gasteiger partial charge in [-0.1, -0.05) is 44.4 Å². The summed E-state index contributed by atoms with van der Waals surface area (Å²) >= 11 is 0. The van der Waals surface area contributed by atoms with E-state index >= 15 is 0 Å². The Hall–Kier alpha value is -0.0831. The average Bonchev–Trinajstić information content (AvgIpc) is 2.28. The second-order valence-electron chi connectivity index (χ2n) is 5.80. The number of hydrogen-bond acceptors (Lipinski definition) is 1. The van der Waals surface area contributed by atoms with Crippen molar-refractivity contribution in [1.82, 2.24) is 0 Å². The van der Waals surface area contributed by atoms with Gasteiger partial charge in [-0.05, 0) is 38.1 Å². The van der Waals surface area contributed by atoms with Gasteiger partial charge in [-0.3, -0.25) is 0 Å². The first-order chi connectivity index (χ1) is 7.49. The van der Waals surface area contributed by atoms with E-state index in [2.05, 4.69) is 34.6 Å². The van der Waals surface area contributed by atoms with Gasteiger partial charge in [0.15, 0.2) is 0 Å². The van der Waals surface area contributed by atoms with Crippen LogP contribution in [0.3, 0.4) is 0 Å². The minimum absolute atomic E-state index is 0.368. The highest BCUT2D eigenvalue weighted by Gasteiger charge is 2.26. The van der Waals surface area contributed by atoms with Gasteiger partial charge in [-0.2, -0.15) is 0 Å². The van der Waals surface area contributed by atoms with Crippen molar-refractivity contribution in [2.24, 2.45) is 5.41 Å². The van der Waals surface area contributed by atoms with Gasteiger partial charge >= 0.3 is 0 Å². The minimum Gasteiger partial charge on any atom is -0.416 e. The first-order valence-corrected chi connectivity index (χ1v) is 8.65. The first kappa shape index (κ1) is 14.0. The Labute approximate surface area is 103 Å². The monoisotopic (exact) mass is 240 g/mol. The Morgan fingerprint density at radius 1 is 1.25 bits per heavy atom. The lowest BCUT2D eigenvalue weighted by atomic mass is 9.81. The fourth-order valence-electron chi connectivity index (χ4n) is 2.67. The highest BCUT2D eigenvalue weighted by Crippen LogP contribution is 2.35. The maximum absolute atomic E-state index is 6.02. The molecule has 0 spiro atoms. The highest BCUT2D eigenvalue weighted by atomic mass is 28.3. The van der Waals surface area contributed by atoms with Crippen LogP contribution in [0.25, 0.3) is 0 Å². The van der Waals surface area contributed by atoms with Crippen LogP contribution in [0.4, 0.5) is 0 Å². The summed E-state index contributed by atoms with van der Waals surface area (Å²) in [6.45, 7) is 12.7. The van der Waals surface area contributed by atoms with E-state index in [-0.39, 0.29) is 0 Å². The molecule has 16 heavy (non-hydrogen) atoms. The van der Waals surface area contributed by atoms with Gasteiger partial charge in [0, 0.05) is 6.61 Å². The Balaban J connectivity index is 2.76. The van der Waals surface area contributed by atoms with Crippen LogP contribution in [-0.4, -0.2) is 15.6 Å². The molecule has 0 saturated carbocycles. The molecule has 0 aromatic heterocycles. The SMILES string of the molecule is CCCC(C)(C)/C(C)=C(\C)[SiH]1CCCCO1. The molecule has 0 bridgehead atoms. The fourth-order valence-corrected chi connectivity index (χ4v) is 5.50. The molecule has 0 aromatic rings. The van der Waals surface area contributed by atoms with Crippen molar-refractivity contribution in [3.05, 3.63) is 10.8 Å². The van der Waals surface area contributed by atoms with E-state index in [0.717, 1.165) is 6.61 Å². The summed E-state index contributed by atoms with van der Waals surface area (Å²) in [6, 6.07) is 1.35. The van der Waals surface area contributed by atoms with E-state index in [1.807, 2.05) is 0 Å². The zero-order valence-electron chi connectivity index (χ0n) is 11.7. The maximum atomic E-state index is 6.02. The molecule has 0 N–H and O–H groups in total. The molecule has 1 atom stereocenters. The van der Waals surface area contributed by atoms with Gasteiger partial charge in [0.25, 0.3) is 0 Å². The summed E-state index contributed by atoms with van der Waals surface area (Å²) < 4.78 is 6.02. The fraction of sp³-hybridized carbons (Fsp3) is 0.857. The lowest BCUT2D eigenvalue weighted by molar-refractivity contribution is 0.290. The number of rotatable bonds is 4. The first-order valence-electron chi connectivity index (χ1n) is 6.78. The van der Waals surface area contributed by atoms with Crippen molar-refractivity contribution in [1.29, 1.82) is 0 Å². The molecule has 1 nitrogen and oxygen atoms in total. The highest BCUT2D eigenvalue weighted by molar-refractivity contribution is 6.60. The van der Waals surface area contributed by atoms with Gasteiger partial charge in [0.2, 0.25) is 9.04 Å². The van der Waals surface area contributed by atoms with Crippen LogP contribution >= 0.6 is 0 Å². The van der Waals surface area contributed by atoms with E-state index in [9.17, 15) is 0 Å². The van der Waals surface area contributed by atoms with E-state index in [4.69, 9.17) is 4.43 Å². The van der Waals surface area contributed by atoms with Crippen LogP contribution in [0.15, 0.2) is 10.8 Å². The summed E-state index contributed by atoms with van der Waals surface area (Å²) in [6.07, 6.45) is 5.21. The van der Waals surface area contributed by atoms with E-state index < -0.39 is 9.04 Å². The molecular formula is C14H28OSi. The molecule has 0 amide bonds. The van der Waals surface area contributed by atoms with Crippen molar-refractivity contribution in [3.8, 4) is 0 Å². The van der Waals surface area contributed by atoms with Crippen molar-refractivity contribution in [2.75, 3.05) is 6.61 Å². The van der Waals surface area contributed by atoms with Crippen LogP contribution in [0.5, 0.6) is 0 Å². The third-order valence-corrected chi connectivity index (χ3v) is 7.11. The van der Waals surface area contributed by atoms with E-state index in [0.29, 0.717) is 5.41 Å². The number of hydrogen-bond donors (Lipinski definition) is 0. The molecule has 1 fully saturated rings. The Morgan fingerprint density at radius 2 is 1.94 bits per heavy atom. The minimum atomic E-state index is -1.02. The lowest BCUT2D eigenvalue weighted by Gasteiger charge is -2.31. The third-order valence-electron chi connectivity index (χ3n) is 4.14. The second-order valence-corrected chi connectivity index (χ2v) is 8.55. The van der Waals surface area contributed by atoms with Crippen molar-refractivity contribution in [2.45, 2.75) is 66.3 Å².